The Morgan fingerprint density at radius 3 is 2.59 bits per heavy atom. The summed E-state index contributed by atoms with van der Waals surface area (Å²) in [5.41, 5.74) is 3.17. The van der Waals surface area contributed by atoms with E-state index in [1.807, 2.05) is 53.3 Å². The fourth-order valence-corrected chi connectivity index (χ4v) is 4.46. The number of rotatable bonds is 8. The molecule has 4 rings (SSSR count). The zero-order valence-corrected chi connectivity index (χ0v) is 20.4. The number of nitrogens with one attached hydrogen (secondary N) is 1. The third-order valence-corrected chi connectivity index (χ3v) is 6.17. The molecule has 1 amide bonds. The van der Waals surface area contributed by atoms with Gasteiger partial charge < -0.3 is 14.8 Å². The van der Waals surface area contributed by atoms with Crippen molar-refractivity contribution in [3.8, 4) is 17.0 Å². The Labute approximate surface area is 201 Å². The maximum atomic E-state index is 13.3. The SMILES string of the molecule is COc1cccc(-c2nn(Cc3ccccc3)cc2C(=O)NCC(C)N2CC(C)OC(C)C2)c1. The van der Waals surface area contributed by atoms with Crippen LogP contribution in [0.4, 0.5) is 0 Å². The highest BCUT2D eigenvalue weighted by molar-refractivity contribution is 5.99. The van der Waals surface area contributed by atoms with Gasteiger partial charge in [0.05, 0.1) is 31.4 Å². The molecule has 1 aliphatic rings. The highest BCUT2D eigenvalue weighted by Crippen LogP contribution is 2.26. The zero-order valence-electron chi connectivity index (χ0n) is 20.4. The molecule has 7 nitrogen and oxygen atoms in total. The van der Waals surface area contributed by atoms with Crippen molar-refractivity contribution in [1.82, 2.24) is 20.0 Å². The van der Waals surface area contributed by atoms with E-state index in [1.165, 1.54) is 0 Å². The Hall–Kier alpha value is -3.16. The lowest BCUT2D eigenvalue weighted by Gasteiger charge is -2.39. The summed E-state index contributed by atoms with van der Waals surface area (Å²) < 4.78 is 13.1. The van der Waals surface area contributed by atoms with Crippen LogP contribution in [-0.4, -0.2) is 65.6 Å². The first kappa shape index (κ1) is 24.0. The number of benzene rings is 2. The molecule has 1 aromatic heterocycles. The lowest BCUT2D eigenvalue weighted by Crippen LogP contribution is -2.52. The quantitative estimate of drug-likeness (QED) is 0.551. The van der Waals surface area contributed by atoms with E-state index in [2.05, 4.69) is 43.1 Å². The summed E-state index contributed by atoms with van der Waals surface area (Å²) in [7, 11) is 1.63. The van der Waals surface area contributed by atoms with Crippen LogP contribution in [0.15, 0.2) is 60.8 Å². The first-order chi connectivity index (χ1) is 16.4. The summed E-state index contributed by atoms with van der Waals surface area (Å²) in [6, 6.07) is 18.0. The third-order valence-electron chi connectivity index (χ3n) is 6.17. The van der Waals surface area contributed by atoms with Crippen molar-refractivity contribution < 1.29 is 14.3 Å². The number of hydrogen-bond acceptors (Lipinski definition) is 5. The van der Waals surface area contributed by atoms with Gasteiger partial charge in [-0.15, -0.1) is 0 Å². The predicted molar refractivity (Wildman–Crippen MR) is 133 cm³/mol. The summed E-state index contributed by atoms with van der Waals surface area (Å²) in [4.78, 5) is 15.7. The smallest absolute Gasteiger partial charge is 0.255 e. The minimum Gasteiger partial charge on any atom is -0.497 e. The van der Waals surface area contributed by atoms with Crippen molar-refractivity contribution in [2.75, 3.05) is 26.7 Å². The Morgan fingerprint density at radius 2 is 1.88 bits per heavy atom. The fraction of sp³-hybridized carbons (Fsp3) is 0.407. The van der Waals surface area contributed by atoms with Gasteiger partial charge in [0, 0.05) is 37.4 Å². The number of nitrogens with zero attached hydrogens (tertiary/aromatic N) is 3. The normalized spacial score (nSPS) is 19.5. The molecule has 0 saturated carbocycles. The molecule has 180 valence electrons. The van der Waals surface area contributed by atoms with Crippen LogP contribution in [0.2, 0.25) is 0 Å². The average molecular weight is 463 g/mol. The number of carbonyl (C=O) groups excluding carboxylic acids is 1. The van der Waals surface area contributed by atoms with Crippen molar-refractivity contribution in [2.24, 2.45) is 0 Å². The monoisotopic (exact) mass is 462 g/mol. The van der Waals surface area contributed by atoms with Crippen molar-refractivity contribution in [2.45, 2.75) is 45.6 Å². The standard InChI is InChI=1S/C27H34N4O3/c1-19(30-15-20(2)34-21(3)16-30)14-28-27(32)25-18-31(17-22-9-6-5-7-10-22)29-26(25)23-11-8-12-24(13-23)33-4/h5-13,18-21H,14-17H2,1-4H3,(H,28,32). The van der Waals surface area contributed by atoms with E-state index < -0.39 is 0 Å². The third kappa shape index (κ3) is 5.85. The van der Waals surface area contributed by atoms with Crippen LogP contribution in [0.1, 0.15) is 36.7 Å². The first-order valence-electron chi connectivity index (χ1n) is 11.9. The minimum absolute atomic E-state index is 0.127. The van der Waals surface area contributed by atoms with E-state index in [1.54, 1.807) is 7.11 Å². The van der Waals surface area contributed by atoms with E-state index in [0.717, 1.165) is 30.0 Å². The molecule has 3 aromatic rings. The maximum absolute atomic E-state index is 13.3. The van der Waals surface area contributed by atoms with Gasteiger partial charge in [-0.2, -0.15) is 5.10 Å². The van der Waals surface area contributed by atoms with Crippen LogP contribution >= 0.6 is 0 Å². The highest BCUT2D eigenvalue weighted by atomic mass is 16.5. The molecule has 0 radical (unpaired) electrons. The van der Waals surface area contributed by atoms with E-state index in [0.29, 0.717) is 24.3 Å². The zero-order chi connectivity index (χ0) is 24.1. The second-order valence-electron chi connectivity index (χ2n) is 9.08. The predicted octanol–water partition coefficient (Wildman–Crippen LogP) is 3.83. The molecule has 2 heterocycles. The molecular formula is C27H34N4O3. The molecule has 0 spiro atoms. The molecular weight excluding hydrogens is 428 g/mol. The maximum Gasteiger partial charge on any atom is 0.255 e. The van der Waals surface area contributed by atoms with E-state index in [-0.39, 0.29) is 24.2 Å². The average Bonchev–Trinajstić information content (AvgIpc) is 3.26. The number of carbonyl (C=O) groups is 1. The van der Waals surface area contributed by atoms with Crippen molar-refractivity contribution in [3.05, 3.63) is 71.9 Å². The molecule has 34 heavy (non-hydrogen) atoms. The molecule has 1 saturated heterocycles. The number of methoxy groups -OCH3 is 1. The fourth-order valence-electron chi connectivity index (χ4n) is 4.46. The summed E-state index contributed by atoms with van der Waals surface area (Å²) in [6.45, 7) is 9.21. The molecule has 3 atom stereocenters. The van der Waals surface area contributed by atoms with Crippen LogP contribution in [0.5, 0.6) is 5.75 Å². The van der Waals surface area contributed by atoms with Gasteiger partial charge in [-0.05, 0) is 38.5 Å². The number of hydrogen-bond donors (Lipinski definition) is 1. The van der Waals surface area contributed by atoms with Gasteiger partial charge >= 0.3 is 0 Å². The highest BCUT2D eigenvalue weighted by Gasteiger charge is 2.26. The molecule has 1 N–H and O–H groups in total. The van der Waals surface area contributed by atoms with Gasteiger partial charge in [0.15, 0.2) is 0 Å². The Morgan fingerprint density at radius 1 is 1.15 bits per heavy atom. The summed E-state index contributed by atoms with van der Waals surface area (Å²) >= 11 is 0. The molecule has 7 heteroatoms. The van der Waals surface area contributed by atoms with Gasteiger partial charge in [-0.3, -0.25) is 14.4 Å². The summed E-state index contributed by atoms with van der Waals surface area (Å²) in [5, 5.41) is 7.92. The number of amides is 1. The van der Waals surface area contributed by atoms with Gasteiger partial charge in [0.1, 0.15) is 11.4 Å². The largest absolute Gasteiger partial charge is 0.497 e. The van der Waals surface area contributed by atoms with Gasteiger partial charge in [0.2, 0.25) is 0 Å². The lowest BCUT2D eigenvalue weighted by atomic mass is 10.1. The van der Waals surface area contributed by atoms with Crippen molar-refractivity contribution >= 4 is 5.91 Å². The van der Waals surface area contributed by atoms with E-state index >= 15 is 0 Å². The number of ether oxygens (including phenoxy) is 2. The second-order valence-corrected chi connectivity index (χ2v) is 9.08. The van der Waals surface area contributed by atoms with Crippen LogP contribution in [0.25, 0.3) is 11.3 Å². The van der Waals surface area contributed by atoms with Crippen LogP contribution in [0, 0.1) is 0 Å². The summed E-state index contributed by atoms with van der Waals surface area (Å²) in [5.74, 6) is 0.601. The summed E-state index contributed by atoms with van der Waals surface area (Å²) in [6.07, 6.45) is 2.22. The van der Waals surface area contributed by atoms with Gasteiger partial charge in [-0.1, -0.05) is 42.5 Å². The molecule has 1 aliphatic heterocycles. The van der Waals surface area contributed by atoms with E-state index in [4.69, 9.17) is 14.6 Å². The van der Waals surface area contributed by atoms with Crippen molar-refractivity contribution in [1.29, 1.82) is 0 Å². The van der Waals surface area contributed by atoms with Crippen LogP contribution in [-0.2, 0) is 11.3 Å². The minimum atomic E-state index is -0.127. The van der Waals surface area contributed by atoms with Crippen LogP contribution in [0.3, 0.4) is 0 Å². The molecule has 3 unspecified atom stereocenters. The Balaban J connectivity index is 1.54. The Kier molecular flexibility index (Phi) is 7.65. The lowest BCUT2D eigenvalue weighted by molar-refractivity contribution is -0.0778. The molecule has 0 aliphatic carbocycles. The molecule has 2 aromatic carbocycles. The van der Waals surface area contributed by atoms with Crippen molar-refractivity contribution in [3.63, 3.8) is 0 Å². The molecule has 1 fully saturated rings. The number of aromatic nitrogens is 2. The second kappa shape index (κ2) is 10.8. The van der Waals surface area contributed by atoms with Gasteiger partial charge in [-0.25, -0.2) is 0 Å². The van der Waals surface area contributed by atoms with Crippen LogP contribution < -0.4 is 10.1 Å². The topological polar surface area (TPSA) is 68.6 Å². The van der Waals surface area contributed by atoms with Gasteiger partial charge in [0.25, 0.3) is 5.91 Å². The Bertz CT molecular complexity index is 1090. The molecule has 0 bridgehead atoms. The number of morpholine rings is 1. The van der Waals surface area contributed by atoms with E-state index in [9.17, 15) is 4.79 Å². The first-order valence-corrected chi connectivity index (χ1v) is 11.9.